The van der Waals surface area contributed by atoms with Gasteiger partial charge in [0.25, 0.3) is 0 Å². The first-order valence-electron chi connectivity index (χ1n) is 5.83. The number of aliphatic hydroxyl groups excluding tert-OH is 1. The standard InChI is InChI=1S/C11H20N2O4/c1-7-4-3-5-12-9(7)10(15)13-6-8(14)11(16)17-2/h7-9,12,14H,3-6H2,1-2H3,(H,13,15). The molecule has 0 aromatic carbocycles. The number of carbonyl (C=O) groups excluding carboxylic acids is 2. The van der Waals surface area contributed by atoms with Crippen LogP contribution in [0.25, 0.3) is 0 Å². The predicted octanol–water partition coefficient (Wildman–Crippen LogP) is -0.975. The first kappa shape index (κ1) is 13.9. The molecule has 1 amide bonds. The summed E-state index contributed by atoms with van der Waals surface area (Å²) in [4.78, 5) is 22.7. The van der Waals surface area contributed by atoms with E-state index in [0.29, 0.717) is 0 Å². The van der Waals surface area contributed by atoms with E-state index < -0.39 is 12.1 Å². The van der Waals surface area contributed by atoms with Gasteiger partial charge in [-0.3, -0.25) is 4.79 Å². The number of hydrogen-bond acceptors (Lipinski definition) is 5. The van der Waals surface area contributed by atoms with Crippen molar-refractivity contribution in [2.24, 2.45) is 5.92 Å². The van der Waals surface area contributed by atoms with Gasteiger partial charge in [-0.1, -0.05) is 6.92 Å². The number of methoxy groups -OCH3 is 1. The summed E-state index contributed by atoms with van der Waals surface area (Å²) < 4.78 is 4.36. The molecule has 1 saturated heterocycles. The topological polar surface area (TPSA) is 87.7 Å². The van der Waals surface area contributed by atoms with Gasteiger partial charge in [-0.25, -0.2) is 4.79 Å². The van der Waals surface area contributed by atoms with Crippen molar-refractivity contribution in [3.05, 3.63) is 0 Å². The Kier molecular flexibility index (Phi) is 5.37. The molecule has 98 valence electrons. The van der Waals surface area contributed by atoms with E-state index in [-0.39, 0.29) is 24.4 Å². The van der Waals surface area contributed by atoms with E-state index in [2.05, 4.69) is 15.4 Å². The Bertz CT molecular complexity index is 283. The average molecular weight is 244 g/mol. The fourth-order valence-electron chi connectivity index (χ4n) is 1.93. The van der Waals surface area contributed by atoms with Gasteiger partial charge in [-0.05, 0) is 25.3 Å². The number of esters is 1. The summed E-state index contributed by atoms with van der Waals surface area (Å²) in [6, 6.07) is -0.242. The molecule has 0 saturated carbocycles. The number of ether oxygens (including phenoxy) is 1. The highest BCUT2D eigenvalue weighted by molar-refractivity contribution is 5.83. The normalized spacial score (nSPS) is 26.1. The van der Waals surface area contributed by atoms with Gasteiger partial charge in [0.1, 0.15) is 0 Å². The van der Waals surface area contributed by atoms with Crippen molar-refractivity contribution in [3.63, 3.8) is 0 Å². The van der Waals surface area contributed by atoms with Gasteiger partial charge in [0.15, 0.2) is 6.10 Å². The Labute approximate surface area is 101 Å². The largest absolute Gasteiger partial charge is 0.467 e. The highest BCUT2D eigenvalue weighted by atomic mass is 16.5. The van der Waals surface area contributed by atoms with Gasteiger partial charge in [0, 0.05) is 0 Å². The Morgan fingerprint density at radius 3 is 2.88 bits per heavy atom. The zero-order chi connectivity index (χ0) is 12.8. The van der Waals surface area contributed by atoms with Gasteiger partial charge >= 0.3 is 5.97 Å². The number of hydrogen-bond donors (Lipinski definition) is 3. The highest BCUT2D eigenvalue weighted by Gasteiger charge is 2.28. The second-order valence-electron chi connectivity index (χ2n) is 4.34. The maximum Gasteiger partial charge on any atom is 0.336 e. The van der Waals surface area contributed by atoms with Gasteiger partial charge in [-0.15, -0.1) is 0 Å². The summed E-state index contributed by atoms with van der Waals surface area (Å²) in [5.41, 5.74) is 0. The van der Waals surface area contributed by atoms with Crippen LogP contribution in [0.15, 0.2) is 0 Å². The summed E-state index contributed by atoms with van der Waals surface area (Å²) in [7, 11) is 1.19. The predicted molar refractivity (Wildman–Crippen MR) is 61.2 cm³/mol. The van der Waals surface area contributed by atoms with Crippen molar-refractivity contribution >= 4 is 11.9 Å². The Balaban J connectivity index is 2.36. The van der Waals surface area contributed by atoms with E-state index >= 15 is 0 Å². The van der Waals surface area contributed by atoms with E-state index in [4.69, 9.17) is 0 Å². The maximum atomic E-state index is 11.8. The molecule has 3 unspecified atom stereocenters. The molecule has 1 aliphatic rings. The fraction of sp³-hybridized carbons (Fsp3) is 0.818. The highest BCUT2D eigenvalue weighted by Crippen LogP contribution is 2.15. The Hall–Kier alpha value is -1.14. The van der Waals surface area contributed by atoms with Crippen LogP contribution < -0.4 is 10.6 Å². The van der Waals surface area contributed by atoms with Crippen molar-refractivity contribution in [1.29, 1.82) is 0 Å². The molecular formula is C11H20N2O4. The zero-order valence-corrected chi connectivity index (χ0v) is 10.2. The lowest BCUT2D eigenvalue weighted by atomic mass is 9.92. The molecule has 3 atom stereocenters. The summed E-state index contributed by atoms with van der Waals surface area (Å²) in [6.07, 6.45) is 0.767. The van der Waals surface area contributed by atoms with Crippen molar-refractivity contribution in [2.75, 3.05) is 20.2 Å². The Morgan fingerprint density at radius 1 is 1.59 bits per heavy atom. The van der Waals surface area contributed by atoms with Crippen LogP contribution in [0.2, 0.25) is 0 Å². The molecule has 0 aromatic heterocycles. The Morgan fingerprint density at radius 2 is 2.29 bits per heavy atom. The van der Waals surface area contributed by atoms with Crippen LogP contribution in [0.3, 0.4) is 0 Å². The number of nitrogens with one attached hydrogen (secondary N) is 2. The van der Waals surface area contributed by atoms with Crippen LogP contribution in [0.1, 0.15) is 19.8 Å². The minimum atomic E-state index is -1.30. The van der Waals surface area contributed by atoms with Crippen LogP contribution in [0.5, 0.6) is 0 Å². The third-order valence-corrected chi connectivity index (χ3v) is 2.99. The molecule has 6 nitrogen and oxygen atoms in total. The van der Waals surface area contributed by atoms with Crippen LogP contribution >= 0.6 is 0 Å². The molecule has 0 aromatic rings. The van der Waals surface area contributed by atoms with Crippen LogP contribution in [-0.2, 0) is 14.3 Å². The number of rotatable bonds is 4. The van der Waals surface area contributed by atoms with Crippen LogP contribution in [0.4, 0.5) is 0 Å². The second kappa shape index (κ2) is 6.56. The van der Waals surface area contributed by atoms with E-state index in [1.165, 1.54) is 7.11 Å². The lowest BCUT2D eigenvalue weighted by molar-refractivity contribution is -0.150. The molecule has 0 bridgehead atoms. The number of piperidine rings is 1. The van der Waals surface area contributed by atoms with E-state index in [0.717, 1.165) is 19.4 Å². The minimum Gasteiger partial charge on any atom is -0.467 e. The molecule has 0 radical (unpaired) electrons. The molecule has 1 heterocycles. The lowest BCUT2D eigenvalue weighted by Gasteiger charge is -2.29. The lowest BCUT2D eigenvalue weighted by Crippen LogP contribution is -2.52. The SMILES string of the molecule is COC(=O)C(O)CNC(=O)C1NCCCC1C. The van der Waals surface area contributed by atoms with E-state index in [1.54, 1.807) is 0 Å². The monoisotopic (exact) mass is 244 g/mol. The second-order valence-corrected chi connectivity index (χ2v) is 4.34. The van der Waals surface area contributed by atoms with Gasteiger partial charge in [-0.2, -0.15) is 0 Å². The van der Waals surface area contributed by atoms with Crippen molar-refractivity contribution in [3.8, 4) is 0 Å². The first-order valence-corrected chi connectivity index (χ1v) is 5.83. The van der Waals surface area contributed by atoms with Crippen molar-refractivity contribution < 1.29 is 19.4 Å². The molecule has 6 heteroatoms. The average Bonchev–Trinajstić information content (AvgIpc) is 2.35. The van der Waals surface area contributed by atoms with Crippen LogP contribution in [-0.4, -0.2) is 49.3 Å². The van der Waals surface area contributed by atoms with Gasteiger partial charge in [0.2, 0.25) is 5.91 Å². The minimum absolute atomic E-state index is 0.115. The molecular weight excluding hydrogens is 224 g/mol. The van der Waals surface area contributed by atoms with Gasteiger partial charge in [0.05, 0.1) is 19.7 Å². The summed E-state index contributed by atoms with van der Waals surface area (Å²) in [5, 5.41) is 15.0. The molecule has 1 rings (SSSR count). The fourth-order valence-corrected chi connectivity index (χ4v) is 1.93. The molecule has 0 aliphatic carbocycles. The number of aliphatic hydroxyl groups is 1. The van der Waals surface area contributed by atoms with Crippen molar-refractivity contribution in [2.45, 2.75) is 31.9 Å². The molecule has 0 spiro atoms. The number of amides is 1. The summed E-state index contributed by atoms with van der Waals surface area (Å²) in [6.45, 7) is 2.71. The molecule has 1 aliphatic heterocycles. The summed E-state index contributed by atoms with van der Waals surface area (Å²) in [5.74, 6) is -0.658. The molecule has 17 heavy (non-hydrogen) atoms. The van der Waals surface area contributed by atoms with Crippen LogP contribution in [0, 0.1) is 5.92 Å². The summed E-state index contributed by atoms with van der Waals surface area (Å²) >= 11 is 0. The molecule has 3 N–H and O–H groups in total. The maximum absolute atomic E-state index is 11.8. The number of carbonyl (C=O) groups is 2. The van der Waals surface area contributed by atoms with Crippen molar-refractivity contribution in [1.82, 2.24) is 10.6 Å². The smallest absolute Gasteiger partial charge is 0.336 e. The zero-order valence-electron chi connectivity index (χ0n) is 10.2. The quantitative estimate of drug-likeness (QED) is 0.554. The first-order chi connectivity index (χ1) is 8.06. The molecule has 1 fully saturated rings. The third kappa shape index (κ3) is 3.98. The van der Waals surface area contributed by atoms with Gasteiger partial charge < -0.3 is 20.5 Å². The third-order valence-electron chi connectivity index (χ3n) is 2.99. The van der Waals surface area contributed by atoms with E-state index in [9.17, 15) is 14.7 Å². The van der Waals surface area contributed by atoms with E-state index in [1.807, 2.05) is 6.92 Å².